The molecule has 0 saturated heterocycles. The van der Waals surface area contributed by atoms with Crippen molar-refractivity contribution in [1.82, 2.24) is 0 Å². The van der Waals surface area contributed by atoms with Gasteiger partial charge in [-0.3, -0.25) is 0 Å². The van der Waals surface area contributed by atoms with Gasteiger partial charge in [-0.2, -0.15) is 0 Å². The van der Waals surface area contributed by atoms with Crippen LogP contribution >= 0.6 is 0 Å². The normalized spacial score (nSPS) is 33.3. The molecular weight excluding hydrogens is 174 g/mol. The van der Waals surface area contributed by atoms with Gasteiger partial charge in [0, 0.05) is 11.8 Å². The molecule has 3 nitrogen and oxygen atoms in total. The van der Waals surface area contributed by atoms with Crippen molar-refractivity contribution in [2.24, 2.45) is 11.1 Å². The molecule has 0 spiro atoms. The second kappa shape index (κ2) is 2.45. The third kappa shape index (κ3) is 1.98. The molecule has 0 aliphatic heterocycles. The highest BCUT2D eigenvalue weighted by atomic mass is 32.2. The first-order chi connectivity index (χ1) is 5.16. The molecule has 0 aromatic carbocycles. The molecule has 1 saturated carbocycles. The second-order valence-electron chi connectivity index (χ2n) is 4.60. The molecule has 1 fully saturated rings. The average Bonchev–Trinajstić information content (AvgIpc) is 2.28. The fourth-order valence-electron chi connectivity index (χ4n) is 1.54. The maximum absolute atomic E-state index is 10.9. The van der Waals surface area contributed by atoms with Crippen LogP contribution in [-0.4, -0.2) is 26.0 Å². The van der Waals surface area contributed by atoms with Crippen LogP contribution in [0.3, 0.4) is 0 Å². The van der Waals surface area contributed by atoms with Crippen molar-refractivity contribution in [2.45, 2.75) is 32.2 Å². The zero-order chi connectivity index (χ0) is 9.62. The van der Waals surface area contributed by atoms with E-state index in [1.165, 1.54) is 6.26 Å². The molecule has 4 heteroatoms. The summed E-state index contributed by atoms with van der Waals surface area (Å²) in [7, 11) is -2.85. The van der Waals surface area contributed by atoms with Crippen LogP contribution in [0.1, 0.15) is 26.7 Å². The van der Waals surface area contributed by atoms with Gasteiger partial charge in [-0.25, -0.2) is 8.42 Å². The highest BCUT2D eigenvalue weighted by Gasteiger charge is 2.57. The fourth-order valence-corrected chi connectivity index (χ4v) is 2.27. The van der Waals surface area contributed by atoms with Crippen molar-refractivity contribution in [1.29, 1.82) is 0 Å². The van der Waals surface area contributed by atoms with Crippen molar-refractivity contribution >= 4 is 9.84 Å². The maximum atomic E-state index is 10.9. The van der Waals surface area contributed by atoms with E-state index in [2.05, 4.69) is 13.8 Å². The van der Waals surface area contributed by atoms with Gasteiger partial charge in [0.1, 0.15) is 9.84 Å². The van der Waals surface area contributed by atoms with Crippen LogP contribution in [0.15, 0.2) is 0 Å². The summed E-state index contributed by atoms with van der Waals surface area (Å²) in [4.78, 5) is 0. The van der Waals surface area contributed by atoms with Gasteiger partial charge in [-0.05, 0) is 18.3 Å². The number of sulfone groups is 1. The molecule has 1 aliphatic carbocycles. The Morgan fingerprint density at radius 2 is 1.83 bits per heavy atom. The van der Waals surface area contributed by atoms with E-state index in [9.17, 15) is 8.42 Å². The van der Waals surface area contributed by atoms with E-state index in [1.807, 2.05) is 0 Å². The van der Waals surface area contributed by atoms with Crippen LogP contribution < -0.4 is 5.73 Å². The molecule has 12 heavy (non-hydrogen) atoms. The Morgan fingerprint density at radius 3 is 2.08 bits per heavy atom. The third-order valence-electron chi connectivity index (χ3n) is 2.90. The van der Waals surface area contributed by atoms with Crippen LogP contribution in [0.25, 0.3) is 0 Å². The van der Waals surface area contributed by atoms with Gasteiger partial charge in [0.25, 0.3) is 0 Å². The Morgan fingerprint density at radius 1 is 1.42 bits per heavy atom. The second-order valence-corrected chi connectivity index (χ2v) is 6.86. The van der Waals surface area contributed by atoms with E-state index in [0.717, 1.165) is 6.42 Å². The summed E-state index contributed by atoms with van der Waals surface area (Å²) in [5, 5.41) is 0. The van der Waals surface area contributed by atoms with Crippen LogP contribution in [0, 0.1) is 5.41 Å². The number of hydrogen-bond donors (Lipinski definition) is 1. The topological polar surface area (TPSA) is 60.2 Å². The predicted octanol–water partition coefficient (Wildman–Crippen LogP) is 0.549. The van der Waals surface area contributed by atoms with E-state index in [4.69, 9.17) is 5.73 Å². The smallest absolute Gasteiger partial charge is 0.147 e. The molecule has 1 rings (SSSR count). The lowest BCUT2D eigenvalue weighted by molar-refractivity contribution is 0.478. The summed E-state index contributed by atoms with van der Waals surface area (Å²) in [5.74, 6) is 0.215. The summed E-state index contributed by atoms with van der Waals surface area (Å²) < 4.78 is 21.7. The number of nitrogens with two attached hydrogens (primary N) is 1. The van der Waals surface area contributed by atoms with Gasteiger partial charge >= 0.3 is 0 Å². The van der Waals surface area contributed by atoms with Crippen molar-refractivity contribution in [3.05, 3.63) is 0 Å². The van der Waals surface area contributed by atoms with Crippen molar-refractivity contribution < 1.29 is 8.42 Å². The van der Waals surface area contributed by atoms with E-state index >= 15 is 0 Å². The van der Waals surface area contributed by atoms with E-state index in [-0.39, 0.29) is 16.7 Å². The number of rotatable bonds is 3. The van der Waals surface area contributed by atoms with Crippen LogP contribution in [0.4, 0.5) is 0 Å². The summed E-state index contributed by atoms with van der Waals surface area (Å²) in [6.07, 6.45) is 2.79. The van der Waals surface area contributed by atoms with Crippen molar-refractivity contribution in [2.75, 3.05) is 12.0 Å². The molecule has 0 aromatic heterocycles. The molecule has 1 unspecified atom stereocenters. The van der Waals surface area contributed by atoms with E-state index in [0.29, 0.717) is 6.42 Å². The molecule has 1 atom stereocenters. The molecule has 2 N–H and O–H groups in total. The van der Waals surface area contributed by atoms with Gasteiger partial charge < -0.3 is 5.73 Å². The minimum atomic E-state index is -2.85. The molecule has 0 radical (unpaired) electrons. The fraction of sp³-hybridized carbons (Fsp3) is 1.00. The molecule has 0 aromatic rings. The zero-order valence-electron chi connectivity index (χ0n) is 7.92. The third-order valence-corrected chi connectivity index (χ3v) is 3.84. The Hall–Kier alpha value is -0.0900. The first-order valence-electron chi connectivity index (χ1n) is 4.13. The highest BCUT2D eigenvalue weighted by Crippen LogP contribution is 2.55. The van der Waals surface area contributed by atoms with Gasteiger partial charge in [0.05, 0.1) is 5.75 Å². The van der Waals surface area contributed by atoms with Gasteiger partial charge in [0.15, 0.2) is 0 Å². The molecule has 0 heterocycles. The Labute approximate surface area is 74.3 Å². The molecular formula is C8H17NO2S. The molecule has 72 valence electrons. The monoisotopic (exact) mass is 191 g/mol. The molecule has 1 aliphatic rings. The largest absolute Gasteiger partial charge is 0.325 e. The predicted molar refractivity (Wildman–Crippen MR) is 49.6 cm³/mol. The first kappa shape index (κ1) is 9.99. The quantitative estimate of drug-likeness (QED) is 0.708. The highest BCUT2D eigenvalue weighted by molar-refractivity contribution is 7.90. The SMILES string of the molecule is CC1(C)CC1(N)CCS(C)(=O)=O. The summed E-state index contributed by atoms with van der Waals surface area (Å²) in [5.41, 5.74) is 5.88. The standard InChI is InChI=1S/C8H17NO2S/c1-7(2)6-8(7,9)4-5-12(3,10)11/h4-6,9H2,1-3H3. The zero-order valence-corrected chi connectivity index (χ0v) is 8.74. The van der Waals surface area contributed by atoms with Crippen LogP contribution in [0.5, 0.6) is 0 Å². The Bertz CT molecular complexity index is 281. The minimum Gasteiger partial charge on any atom is -0.325 e. The van der Waals surface area contributed by atoms with E-state index in [1.54, 1.807) is 0 Å². The van der Waals surface area contributed by atoms with Crippen LogP contribution in [-0.2, 0) is 9.84 Å². The number of hydrogen-bond acceptors (Lipinski definition) is 3. The van der Waals surface area contributed by atoms with E-state index < -0.39 is 9.84 Å². The average molecular weight is 191 g/mol. The summed E-state index contributed by atoms with van der Waals surface area (Å²) >= 11 is 0. The van der Waals surface area contributed by atoms with Crippen molar-refractivity contribution in [3.63, 3.8) is 0 Å². The molecule has 0 amide bonds. The lowest BCUT2D eigenvalue weighted by Crippen LogP contribution is -2.30. The first-order valence-corrected chi connectivity index (χ1v) is 6.19. The molecule has 0 bridgehead atoms. The van der Waals surface area contributed by atoms with Gasteiger partial charge in [-0.15, -0.1) is 0 Å². The lowest BCUT2D eigenvalue weighted by atomic mass is 10.0. The summed E-state index contributed by atoms with van der Waals surface area (Å²) in [6, 6.07) is 0. The minimum absolute atomic E-state index is 0.137. The van der Waals surface area contributed by atoms with Crippen LogP contribution in [0.2, 0.25) is 0 Å². The Balaban J connectivity index is 2.46. The van der Waals surface area contributed by atoms with Crippen molar-refractivity contribution in [3.8, 4) is 0 Å². The van der Waals surface area contributed by atoms with Gasteiger partial charge in [0.2, 0.25) is 0 Å². The maximum Gasteiger partial charge on any atom is 0.147 e. The Kier molecular flexibility index (Phi) is 2.04. The summed E-state index contributed by atoms with van der Waals surface area (Å²) in [6.45, 7) is 4.16. The lowest BCUT2D eigenvalue weighted by Gasteiger charge is -2.13. The van der Waals surface area contributed by atoms with Gasteiger partial charge in [-0.1, -0.05) is 13.8 Å².